The van der Waals surface area contributed by atoms with E-state index in [4.69, 9.17) is 4.74 Å². The zero-order chi connectivity index (χ0) is 21.2. The Morgan fingerprint density at radius 1 is 1.10 bits per heavy atom. The summed E-state index contributed by atoms with van der Waals surface area (Å²) in [6.07, 6.45) is 3.12. The maximum Gasteiger partial charge on any atom is 0.309 e. The lowest BCUT2D eigenvalue weighted by Gasteiger charge is -2.38. The minimum atomic E-state index is -0.845. The molecule has 29 heavy (non-hydrogen) atoms. The summed E-state index contributed by atoms with van der Waals surface area (Å²) >= 11 is 0. The standard InChI is InChI=1S/C24H33NO4/c1-16(22(27)25(24(2,3)4)15-17-9-6-5-7-10-17)29-23(28)20-13-18-11-8-12-19(14-20)21(18)26/h5-7,9-10,16,18-20H,8,11-15H2,1-4H3/t16-,18-,19+,20?/m1/s1. The fourth-order valence-corrected chi connectivity index (χ4v) is 4.62. The lowest BCUT2D eigenvalue weighted by Crippen LogP contribution is -2.50. The van der Waals surface area contributed by atoms with Crippen LogP contribution in [-0.2, 0) is 25.7 Å². The maximum atomic E-state index is 13.2. The number of Topliss-reactive ketones (excluding diaryl/α,β-unsaturated/α-hetero) is 1. The number of ketones is 1. The molecule has 0 radical (unpaired) electrons. The van der Waals surface area contributed by atoms with Crippen molar-refractivity contribution >= 4 is 17.7 Å². The predicted octanol–water partition coefficient (Wildman–Crippen LogP) is 4.14. The summed E-state index contributed by atoms with van der Waals surface area (Å²) in [7, 11) is 0. The van der Waals surface area contributed by atoms with E-state index in [-0.39, 0.29) is 29.6 Å². The second-order valence-electron chi connectivity index (χ2n) is 9.56. The lowest BCUT2D eigenvalue weighted by atomic mass is 9.67. The molecule has 0 aromatic heterocycles. The van der Waals surface area contributed by atoms with Crippen molar-refractivity contribution in [3.8, 4) is 0 Å². The second kappa shape index (κ2) is 8.68. The summed E-state index contributed by atoms with van der Waals surface area (Å²) in [5, 5.41) is 0. The summed E-state index contributed by atoms with van der Waals surface area (Å²) in [5.41, 5.74) is 0.634. The maximum absolute atomic E-state index is 13.2. The average Bonchev–Trinajstić information content (AvgIpc) is 2.65. The van der Waals surface area contributed by atoms with Crippen molar-refractivity contribution in [2.75, 3.05) is 0 Å². The summed E-state index contributed by atoms with van der Waals surface area (Å²) in [6, 6.07) is 9.82. The van der Waals surface area contributed by atoms with Crippen molar-refractivity contribution in [1.29, 1.82) is 0 Å². The number of hydrogen-bond donors (Lipinski definition) is 0. The number of amides is 1. The van der Waals surface area contributed by atoms with Crippen molar-refractivity contribution in [3.05, 3.63) is 35.9 Å². The summed E-state index contributed by atoms with van der Waals surface area (Å²) < 4.78 is 5.62. The fourth-order valence-electron chi connectivity index (χ4n) is 4.62. The van der Waals surface area contributed by atoms with Gasteiger partial charge in [-0.05, 0) is 58.9 Å². The number of esters is 1. The van der Waals surface area contributed by atoms with Crippen LogP contribution < -0.4 is 0 Å². The minimum Gasteiger partial charge on any atom is -0.452 e. The Bertz CT molecular complexity index is 736. The second-order valence-corrected chi connectivity index (χ2v) is 9.56. The first-order chi connectivity index (χ1) is 13.7. The Labute approximate surface area is 173 Å². The third-order valence-electron chi connectivity index (χ3n) is 6.28. The normalized spacial score (nSPS) is 25.2. The van der Waals surface area contributed by atoms with Gasteiger partial charge in [0.15, 0.2) is 6.10 Å². The van der Waals surface area contributed by atoms with E-state index in [1.165, 1.54) is 0 Å². The Morgan fingerprint density at radius 3 is 2.24 bits per heavy atom. The highest BCUT2D eigenvalue weighted by atomic mass is 16.5. The Kier molecular flexibility index (Phi) is 6.45. The van der Waals surface area contributed by atoms with Crippen LogP contribution in [0.2, 0.25) is 0 Å². The molecule has 0 aliphatic heterocycles. The van der Waals surface area contributed by atoms with Crippen LogP contribution in [0.5, 0.6) is 0 Å². The zero-order valence-electron chi connectivity index (χ0n) is 18.0. The Morgan fingerprint density at radius 2 is 1.69 bits per heavy atom. The van der Waals surface area contributed by atoms with Crippen LogP contribution in [0, 0.1) is 17.8 Å². The molecule has 2 fully saturated rings. The van der Waals surface area contributed by atoms with Crippen LogP contribution in [-0.4, -0.2) is 34.2 Å². The van der Waals surface area contributed by atoms with Gasteiger partial charge in [-0.25, -0.2) is 0 Å². The SMILES string of the molecule is C[C@@H](OC(=O)C1C[C@H]2CCC[C@@H](C1)C2=O)C(=O)N(Cc1ccccc1)C(C)(C)C. The van der Waals surface area contributed by atoms with Gasteiger partial charge >= 0.3 is 5.97 Å². The third kappa shape index (κ3) is 5.06. The van der Waals surface area contributed by atoms with Gasteiger partial charge in [-0.2, -0.15) is 0 Å². The molecule has 0 spiro atoms. The first-order valence-corrected chi connectivity index (χ1v) is 10.8. The third-order valence-corrected chi connectivity index (χ3v) is 6.28. The van der Waals surface area contributed by atoms with Gasteiger partial charge < -0.3 is 9.64 Å². The van der Waals surface area contributed by atoms with Gasteiger partial charge in [0.2, 0.25) is 0 Å². The molecule has 0 heterocycles. The molecule has 2 saturated carbocycles. The van der Waals surface area contributed by atoms with Gasteiger partial charge in [-0.3, -0.25) is 14.4 Å². The topological polar surface area (TPSA) is 63.7 Å². The van der Waals surface area contributed by atoms with Crippen LogP contribution in [0.15, 0.2) is 30.3 Å². The van der Waals surface area contributed by atoms with Crippen molar-refractivity contribution in [2.45, 2.75) is 78.0 Å². The summed E-state index contributed by atoms with van der Waals surface area (Å²) in [6.45, 7) is 8.06. The van der Waals surface area contributed by atoms with E-state index in [2.05, 4.69) is 0 Å². The van der Waals surface area contributed by atoms with E-state index in [0.717, 1.165) is 24.8 Å². The largest absolute Gasteiger partial charge is 0.452 e. The molecule has 1 amide bonds. The number of hydrogen-bond acceptors (Lipinski definition) is 4. The molecular weight excluding hydrogens is 366 g/mol. The molecule has 4 atom stereocenters. The highest BCUT2D eigenvalue weighted by Crippen LogP contribution is 2.40. The van der Waals surface area contributed by atoms with E-state index >= 15 is 0 Å². The van der Waals surface area contributed by atoms with Crippen LogP contribution in [0.3, 0.4) is 0 Å². The molecule has 0 N–H and O–H groups in total. The van der Waals surface area contributed by atoms with Crippen molar-refractivity contribution in [2.24, 2.45) is 17.8 Å². The van der Waals surface area contributed by atoms with Crippen molar-refractivity contribution in [3.63, 3.8) is 0 Å². The molecule has 0 saturated heterocycles. The number of fused-ring (bicyclic) bond motifs is 2. The summed E-state index contributed by atoms with van der Waals surface area (Å²) in [4.78, 5) is 40.0. The van der Waals surface area contributed by atoms with Crippen molar-refractivity contribution < 1.29 is 19.1 Å². The van der Waals surface area contributed by atoms with E-state index in [0.29, 0.717) is 25.2 Å². The smallest absolute Gasteiger partial charge is 0.309 e. The van der Waals surface area contributed by atoms with Gasteiger partial charge in [0, 0.05) is 23.9 Å². The minimum absolute atomic E-state index is 0.00443. The first-order valence-electron chi connectivity index (χ1n) is 10.8. The van der Waals surface area contributed by atoms with Gasteiger partial charge in [-0.15, -0.1) is 0 Å². The summed E-state index contributed by atoms with van der Waals surface area (Å²) in [5.74, 6) is -0.474. The number of carbonyl (C=O) groups excluding carboxylic acids is 3. The van der Waals surface area contributed by atoms with Crippen LogP contribution >= 0.6 is 0 Å². The van der Waals surface area contributed by atoms with Crippen LogP contribution in [0.1, 0.15) is 65.4 Å². The van der Waals surface area contributed by atoms with E-state index < -0.39 is 11.6 Å². The predicted molar refractivity (Wildman–Crippen MR) is 111 cm³/mol. The van der Waals surface area contributed by atoms with E-state index in [9.17, 15) is 14.4 Å². The molecule has 3 rings (SSSR count). The first kappa shape index (κ1) is 21.5. The monoisotopic (exact) mass is 399 g/mol. The highest BCUT2D eigenvalue weighted by Gasteiger charge is 2.42. The van der Waals surface area contributed by atoms with E-state index in [1.807, 2.05) is 51.1 Å². The number of benzene rings is 1. The van der Waals surface area contributed by atoms with Gasteiger partial charge in [0.1, 0.15) is 5.78 Å². The Balaban J connectivity index is 1.64. The highest BCUT2D eigenvalue weighted by molar-refractivity contribution is 5.88. The number of rotatable bonds is 5. The van der Waals surface area contributed by atoms with Crippen molar-refractivity contribution in [1.82, 2.24) is 4.90 Å². The van der Waals surface area contributed by atoms with Gasteiger partial charge in [0.25, 0.3) is 5.91 Å². The molecule has 5 nitrogen and oxygen atoms in total. The molecule has 158 valence electrons. The molecular formula is C24H33NO4. The molecule has 2 aliphatic carbocycles. The fraction of sp³-hybridized carbons (Fsp3) is 0.625. The van der Waals surface area contributed by atoms with Crippen LogP contribution in [0.4, 0.5) is 0 Å². The van der Waals surface area contributed by atoms with Gasteiger partial charge in [-0.1, -0.05) is 36.8 Å². The number of carbonyl (C=O) groups is 3. The quantitative estimate of drug-likeness (QED) is 0.698. The molecule has 5 heteroatoms. The molecule has 1 aromatic rings. The average molecular weight is 400 g/mol. The molecule has 2 bridgehead atoms. The molecule has 1 unspecified atom stereocenters. The van der Waals surface area contributed by atoms with Gasteiger partial charge in [0.05, 0.1) is 5.92 Å². The number of nitrogens with zero attached hydrogens (tertiary/aromatic N) is 1. The zero-order valence-corrected chi connectivity index (χ0v) is 18.0. The lowest BCUT2D eigenvalue weighted by molar-refractivity contribution is -0.167. The molecule has 1 aromatic carbocycles. The Hall–Kier alpha value is -2.17. The van der Waals surface area contributed by atoms with E-state index in [1.54, 1.807) is 11.8 Å². The van der Waals surface area contributed by atoms with Crippen LogP contribution in [0.25, 0.3) is 0 Å². The molecule has 2 aliphatic rings. The number of ether oxygens (including phenoxy) is 1.